The van der Waals surface area contributed by atoms with Crippen LogP contribution in [0.25, 0.3) is 0 Å². The third kappa shape index (κ3) is 7.27. The van der Waals surface area contributed by atoms with E-state index in [0.717, 1.165) is 49.7 Å². The zero-order valence-electron chi connectivity index (χ0n) is 19.8. The van der Waals surface area contributed by atoms with Crippen molar-refractivity contribution in [3.8, 4) is 17.2 Å². The fourth-order valence-corrected chi connectivity index (χ4v) is 4.37. The Morgan fingerprint density at radius 3 is 2.57 bits per heavy atom. The van der Waals surface area contributed by atoms with Crippen LogP contribution in [0.1, 0.15) is 24.8 Å². The molecule has 4 rings (SSSR count). The smallest absolute Gasteiger partial charge is 0.161 e. The molecular formula is C26H31Cl2N3O4. The highest BCUT2D eigenvalue weighted by Gasteiger charge is 2.33. The van der Waals surface area contributed by atoms with Crippen molar-refractivity contribution in [3.63, 3.8) is 0 Å². The summed E-state index contributed by atoms with van der Waals surface area (Å²) >= 11 is 12.0. The molecule has 2 aromatic carbocycles. The molecule has 0 unspecified atom stereocenters. The first-order chi connectivity index (χ1) is 16.9. The van der Waals surface area contributed by atoms with Crippen molar-refractivity contribution in [2.75, 3.05) is 33.4 Å². The number of hydrogen-bond acceptors (Lipinski definition) is 6. The van der Waals surface area contributed by atoms with Crippen molar-refractivity contribution >= 4 is 23.2 Å². The summed E-state index contributed by atoms with van der Waals surface area (Å²) in [5.74, 6) is 2.07. The van der Waals surface area contributed by atoms with E-state index >= 15 is 0 Å². The minimum atomic E-state index is -0.867. The first-order valence-corrected chi connectivity index (χ1v) is 12.5. The molecule has 7 nitrogen and oxygen atoms in total. The van der Waals surface area contributed by atoms with Crippen LogP contribution in [0, 0.1) is 0 Å². The van der Waals surface area contributed by atoms with E-state index in [1.807, 2.05) is 29.1 Å². The van der Waals surface area contributed by atoms with Gasteiger partial charge < -0.3 is 19.3 Å². The Morgan fingerprint density at radius 1 is 1.03 bits per heavy atom. The van der Waals surface area contributed by atoms with Crippen LogP contribution in [0.4, 0.5) is 0 Å². The number of aromatic nitrogens is 2. The van der Waals surface area contributed by atoms with Crippen LogP contribution < -0.4 is 14.2 Å². The Morgan fingerprint density at radius 2 is 1.86 bits per heavy atom. The second-order valence-electron chi connectivity index (χ2n) is 8.82. The number of halogens is 2. The van der Waals surface area contributed by atoms with Crippen LogP contribution in [-0.2, 0) is 13.1 Å². The summed E-state index contributed by atoms with van der Waals surface area (Å²) in [6.45, 7) is 3.95. The fraction of sp³-hybridized carbons (Fsp3) is 0.423. The van der Waals surface area contributed by atoms with Crippen LogP contribution in [0.3, 0.4) is 0 Å². The summed E-state index contributed by atoms with van der Waals surface area (Å²) in [5, 5.41) is 16.1. The van der Waals surface area contributed by atoms with Gasteiger partial charge in [-0.3, -0.25) is 9.58 Å². The van der Waals surface area contributed by atoms with E-state index in [0.29, 0.717) is 35.2 Å². The molecule has 1 aromatic heterocycles. The monoisotopic (exact) mass is 519 g/mol. The first-order valence-electron chi connectivity index (χ1n) is 11.7. The third-order valence-electron chi connectivity index (χ3n) is 6.17. The van der Waals surface area contributed by atoms with Gasteiger partial charge in [0.2, 0.25) is 0 Å². The number of piperidine rings is 1. The van der Waals surface area contributed by atoms with Crippen LogP contribution in [0.2, 0.25) is 10.0 Å². The minimum absolute atomic E-state index is 0.221. The lowest BCUT2D eigenvalue weighted by Gasteiger charge is -2.38. The largest absolute Gasteiger partial charge is 0.493 e. The number of methoxy groups -OCH3 is 1. The molecule has 0 saturated carbocycles. The standard InChI is InChI=1S/C26H31Cl2N3O4/c1-33-25-16-20(4-7-24(25)34-15-3-12-31-11-2-10-29-31)18-30-13-8-26(32,9-14-30)19-35-21-5-6-22(27)23(28)17-21/h2,4-7,10-11,16-17,32H,3,8-9,12-15,18-19H2,1H3. The predicted molar refractivity (Wildman–Crippen MR) is 137 cm³/mol. The van der Waals surface area contributed by atoms with Crippen molar-refractivity contribution in [3.05, 3.63) is 70.5 Å². The van der Waals surface area contributed by atoms with Gasteiger partial charge in [0, 0.05) is 51.1 Å². The van der Waals surface area contributed by atoms with Crippen molar-refractivity contribution in [1.29, 1.82) is 0 Å². The number of ether oxygens (including phenoxy) is 3. The molecule has 0 bridgehead atoms. The molecular weight excluding hydrogens is 489 g/mol. The lowest BCUT2D eigenvalue weighted by Crippen LogP contribution is -2.47. The van der Waals surface area contributed by atoms with Crippen molar-refractivity contribution in [2.45, 2.75) is 38.0 Å². The van der Waals surface area contributed by atoms with Gasteiger partial charge in [0.1, 0.15) is 18.0 Å². The molecule has 0 atom stereocenters. The van der Waals surface area contributed by atoms with E-state index in [2.05, 4.69) is 16.1 Å². The quantitative estimate of drug-likeness (QED) is 0.356. The molecule has 1 fully saturated rings. The fourth-order valence-electron chi connectivity index (χ4n) is 4.09. The lowest BCUT2D eigenvalue weighted by molar-refractivity contribution is -0.0537. The average molecular weight is 520 g/mol. The summed E-state index contributed by atoms with van der Waals surface area (Å²) in [7, 11) is 1.66. The highest BCUT2D eigenvalue weighted by Crippen LogP contribution is 2.31. The molecule has 3 aromatic rings. The van der Waals surface area contributed by atoms with E-state index in [1.54, 1.807) is 31.5 Å². The van der Waals surface area contributed by atoms with Crippen molar-refractivity contribution in [1.82, 2.24) is 14.7 Å². The Balaban J connectivity index is 1.23. The number of aryl methyl sites for hydroxylation is 1. The lowest BCUT2D eigenvalue weighted by atomic mass is 9.92. The van der Waals surface area contributed by atoms with Gasteiger partial charge in [-0.1, -0.05) is 29.3 Å². The molecule has 1 N–H and O–H groups in total. The molecule has 0 aliphatic carbocycles. The number of nitrogens with zero attached hydrogens (tertiary/aromatic N) is 3. The van der Waals surface area contributed by atoms with Gasteiger partial charge in [0.15, 0.2) is 11.5 Å². The molecule has 188 valence electrons. The molecule has 0 radical (unpaired) electrons. The maximum absolute atomic E-state index is 11.0. The number of rotatable bonds is 11. The van der Waals surface area contributed by atoms with Gasteiger partial charge in [0.05, 0.1) is 23.8 Å². The summed E-state index contributed by atoms with van der Waals surface area (Å²) in [4.78, 5) is 2.33. The maximum Gasteiger partial charge on any atom is 0.161 e. The number of likely N-dealkylation sites (tertiary alicyclic amines) is 1. The van der Waals surface area contributed by atoms with Gasteiger partial charge in [-0.2, -0.15) is 5.10 Å². The van der Waals surface area contributed by atoms with Crippen molar-refractivity contribution < 1.29 is 19.3 Å². The summed E-state index contributed by atoms with van der Waals surface area (Å²) in [6, 6.07) is 13.1. The zero-order valence-corrected chi connectivity index (χ0v) is 21.3. The third-order valence-corrected chi connectivity index (χ3v) is 6.91. The molecule has 2 heterocycles. The van der Waals surface area contributed by atoms with E-state index in [4.69, 9.17) is 37.4 Å². The minimum Gasteiger partial charge on any atom is -0.493 e. The van der Waals surface area contributed by atoms with Gasteiger partial charge in [-0.05, 0) is 48.7 Å². The highest BCUT2D eigenvalue weighted by molar-refractivity contribution is 6.42. The van der Waals surface area contributed by atoms with E-state index in [9.17, 15) is 5.11 Å². The van der Waals surface area contributed by atoms with E-state index in [-0.39, 0.29) is 6.61 Å². The molecule has 0 amide bonds. The second kappa shape index (κ2) is 12.0. The van der Waals surface area contributed by atoms with Crippen LogP contribution in [-0.4, -0.2) is 58.8 Å². The number of aliphatic hydroxyl groups is 1. The first kappa shape index (κ1) is 25.6. The summed E-state index contributed by atoms with van der Waals surface area (Å²) < 4.78 is 19.2. The van der Waals surface area contributed by atoms with Crippen LogP contribution >= 0.6 is 23.2 Å². The summed E-state index contributed by atoms with van der Waals surface area (Å²) in [6.07, 6.45) is 5.83. The Hall–Kier alpha value is -2.45. The molecule has 1 saturated heterocycles. The SMILES string of the molecule is COc1cc(CN2CCC(O)(COc3ccc(Cl)c(Cl)c3)CC2)ccc1OCCCn1cccn1. The van der Waals surface area contributed by atoms with Crippen LogP contribution in [0.15, 0.2) is 54.9 Å². The van der Waals surface area contributed by atoms with Crippen molar-refractivity contribution in [2.24, 2.45) is 0 Å². The second-order valence-corrected chi connectivity index (χ2v) is 9.64. The Bertz CT molecular complexity index is 1090. The zero-order chi connectivity index (χ0) is 24.7. The topological polar surface area (TPSA) is 69.0 Å². The van der Waals surface area contributed by atoms with Gasteiger partial charge >= 0.3 is 0 Å². The van der Waals surface area contributed by atoms with Gasteiger partial charge in [0.25, 0.3) is 0 Å². The molecule has 9 heteroatoms. The normalized spacial score (nSPS) is 15.7. The molecule has 35 heavy (non-hydrogen) atoms. The predicted octanol–water partition coefficient (Wildman–Crippen LogP) is 5.07. The van der Waals surface area contributed by atoms with Crippen LogP contribution in [0.5, 0.6) is 17.2 Å². The molecule has 1 aliphatic rings. The number of benzene rings is 2. The molecule has 1 aliphatic heterocycles. The maximum atomic E-state index is 11.0. The van der Waals surface area contributed by atoms with Gasteiger partial charge in [-0.25, -0.2) is 0 Å². The van der Waals surface area contributed by atoms with E-state index in [1.165, 1.54) is 0 Å². The highest BCUT2D eigenvalue weighted by atomic mass is 35.5. The Labute approximate surface area is 216 Å². The van der Waals surface area contributed by atoms with E-state index < -0.39 is 5.60 Å². The Kier molecular flexibility index (Phi) is 8.78. The number of hydrogen-bond donors (Lipinski definition) is 1. The summed E-state index contributed by atoms with van der Waals surface area (Å²) in [5.41, 5.74) is 0.275. The molecule has 0 spiro atoms. The average Bonchev–Trinajstić information content (AvgIpc) is 3.38. The van der Waals surface area contributed by atoms with Gasteiger partial charge in [-0.15, -0.1) is 0 Å².